The Hall–Kier alpha value is -1.69. The average Bonchev–Trinajstić information content (AvgIpc) is 2.31. The van der Waals surface area contributed by atoms with Gasteiger partial charge in [0.05, 0.1) is 0 Å². The second-order valence-electron chi connectivity index (χ2n) is 4.46. The Morgan fingerprint density at radius 1 is 1.56 bits per heavy atom. The average molecular weight is 253 g/mol. The van der Waals surface area contributed by atoms with E-state index >= 15 is 0 Å². The molecule has 6 heteroatoms. The molecule has 1 atom stereocenters. The van der Waals surface area contributed by atoms with E-state index in [0.717, 1.165) is 0 Å². The lowest BCUT2D eigenvalue weighted by molar-refractivity contribution is -0.122. The molecule has 0 aliphatic heterocycles. The molecule has 1 heterocycles. The fourth-order valence-corrected chi connectivity index (χ4v) is 1.63. The van der Waals surface area contributed by atoms with Gasteiger partial charge in [-0.25, -0.2) is 9.78 Å². The minimum absolute atomic E-state index is 0.0238. The van der Waals surface area contributed by atoms with Gasteiger partial charge in [0.1, 0.15) is 6.54 Å². The largest absolute Gasteiger partial charge is 0.396 e. The molecule has 0 spiro atoms. The first-order valence-electron chi connectivity index (χ1n) is 5.96. The number of aromatic nitrogens is 2. The third-order valence-corrected chi connectivity index (χ3v) is 2.69. The van der Waals surface area contributed by atoms with Crippen molar-refractivity contribution >= 4 is 5.91 Å². The van der Waals surface area contributed by atoms with Gasteiger partial charge in [-0.2, -0.15) is 0 Å². The van der Waals surface area contributed by atoms with Crippen LogP contribution >= 0.6 is 0 Å². The predicted molar refractivity (Wildman–Crippen MR) is 67.0 cm³/mol. The molecule has 1 aromatic rings. The van der Waals surface area contributed by atoms with E-state index in [9.17, 15) is 9.59 Å². The van der Waals surface area contributed by atoms with Crippen molar-refractivity contribution in [3.05, 3.63) is 28.9 Å². The predicted octanol–water partition coefficient (Wildman–Crippen LogP) is -0.234. The molecule has 1 aromatic heterocycles. The van der Waals surface area contributed by atoms with E-state index in [1.165, 1.54) is 17.0 Å². The van der Waals surface area contributed by atoms with E-state index < -0.39 is 5.69 Å². The first kappa shape index (κ1) is 14.4. The van der Waals surface area contributed by atoms with E-state index in [2.05, 4.69) is 10.3 Å². The van der Waals surface area contributed by atoms with Gasteiger partial charge in [-0.1, -0.05) is 13.8 Å². The van der Waals surface area contributed by atoms with Crippen LogP contribution in [0.25, 0.3) is 0 Å². The maximum Gasteiger partial charge on any atom is 0.347 e. The number of rotatable bonds is 6. The highest BCUT2D eigenvalue weighted by atomic mass is 16.3. The van der Waals surface area contributed by atoms with Gasteiger partial charge in [0, 0.05) is 25.0 Å². The summed E-state index contributed by atoms with van der Waals surface area (Å²) in [7, 11) is 0. The van der Waals surface area contributed by atoms with E-state index in [1.54, 1.807) is 6.07 Å². The van der Waals surface area contributed by atoms with Crippen LogP contribution in [-0.4, -0.2) is 33.2 Å². The zero-order valence-electron chi connectivity index (χ0n) is 10.7. The molecule has 1 amide bonds. The van der Waals surface area contributed by atoms with Crippen molar-refractivity contribution in [2.24, 2.45) is 5.92 Å². The van der Waals surface area contributed by atoms with Gasteiger partial charge in [-0.05, 0) is 18.4 Å². The number of carbonyl (C=O) groups is 1. The van der Waals surface area contributed by atoms with E-state index in [1.807, 2.05) is 13.8 Å². The molecule has 0 radical (unpaired) electrons. The maximum absolute atomic E-state index is 11.8. The molecule has 0 bridgehead atoms. The molecule has 18 heavy (non-hydrogen) atoms. The van der Waals surface area contributed by atoms with Crippen molar-refractivity contribution in [2.45, 2.75) is 32.9 Å². The lowest BCUT2D eigenvalue weighted by Gasteiger charge is -2.21. The SMILES string of the molecule is CC(C)C(CCO)NC(=O)Cn1cccnc1=O. The Kier molecular flexibility index (Phi) is 5.51. The second-order valence-corrected chi connectivity index (χ2v) is 4.46. The first-order chi connectivity index (χ1) is 8.54. The highest BCUT2D eigenvalue weighted by molar-refractivity contribution is 5.76. The Morgan fingerprint density at radius 3 is 2.83 bits per heavy atom. The fraction of sp³-hybridized carbons (Fsp3) is 0.583. The van der Waals surface area contributed by atoms with Gasteiger partial charge >= 0.3 is 5.69 Å². The molecule has 0 saturated heterocycles. The minimum atomic E-state index is -0.448. The molecular weight excluding hydrogens is 234 g/mol. The summed E-state index contributed by atoms with van der Waals surface area (Å²) in [6, 6.07) is 1.51. The van der Waals surface area contributed by atoms with Crippen molar-refractivity contribution in [2.75, 3.05) is 6.61 Å². The van der Waals surface area contributed by atoms with Crippen molar-refractivity contribution in [3.63, 3.8) is 0 Å². The molecule has 0 saturated carbocycles. The van der Waals surface area contributed by atoms with E-state index in [4.69, 9.17) is 5.11 Å². The highest BCUT2D eigenvalue weighted by Crippen LogP contribution is 2.05. The minimum Gasteiger partial charge on any atom is -0.396 e. The Bertz CT molecular complexity index is 442. The number of aliphatic hydroxyl groups excluding tert-OH is 1. The number of hydrogen-bond donors (Lipinski definition) is 2. The summed E-state index contributed by atoms with van der Waals surface area (Å²) in [6.45, 7) is 3.91. The number of nitrogens with one attached hydrogen (secondary N) is 1. The third-order valence-electron chi connectivity index (χ3n) is 2.69. The third kappa shape index (κ3) is 4.29. The van der Waals surface area contributed by atoms with Crippen LogP contribution in [0.15, 0.2) is 23.3 Å². The zero-order valence-corrected chi connectivity index (χ0v) is 10.7. The van der Waals surface area contributed by atoms with Crippen LogP contribution in [-0.2, 0) is 11.3 Å². The lowest BCUT2D eigenvalue weighted by Crippen LogP contribution is -2.42. The quantitative estimate of drug-likeness (QED) is 0.733. The molecule has 0 aliphatic carbocycles. The normalized spacial score (nSPS) is 12.4. The number of hydrogen-bond acceptors (Lipinski definition) is 4. The van der Waals surface area contributed by atoms with Crippen LogP contribution < -0.4 is 11.0 Å². The summed E-state index contributed by atoms with van der Waals surface area (Å²) in [4.78, 5) is 26.7. The van der Waals surface area contributed by atoms with Gasteiger partial charge in [-0.3, -0.25) is 9.36 Å². The van der Waals surface area contributed by atoms with Gasteiger partial charge in [0.2, 0.25) is 5.91 Å². The molecule has 6 nitrogen and oxygen atoms in total. The molecule has 0 aromatic carbocycles. The van der Waals surface area contributed by atoms with Crippen molar-refractivity contribution < 1.29 is 9.90 Å². The van der Waals surface area contributed by atoms with Crippen molar-refractivity contribution in [3.8, 4) is 0 Å². The van der Waals surface area contributed by atoms with Gasteiger partial charge in [-0.15, -0.1) is 0 Å². The number of aliphatic hydroxyl groups is 1. The molecule has 2 N–H and O–H groups in total. The van der Waals surface area contributed by atoms with E-state index in [0.29, 0.717) is 6.42 Å². The topological polar surface area (TPSA) is 84.2 Å². The summed E-state index contributed by atoms with van der Waals surface area (Å²) in [5.74, 6) is -0.0241. The lowest BCUT2D eigenvalue weighted by atomic mass is 10.0. The Morgan fingerprint density at radius 2 is 2.28 bits per heavy atom. The van der Waals surface area contributed by atoms with Crippen LogP contribution in [0.3, 0.4) is 0 Å². The summed E-state index contributed by atoms with van der Waals surface area (Å²) in [5.41, 5.74) is -0.448. The molecule has 100 valence electrons. The van der Waals surface area contributed by atoms with Gasteiger partial charge < -0.3 is 10.4 Å². The number of carbonyl (C=O) groups excluding carboxylic acids is 1. The maximum atomic E-state index is 11.8. The van der Waals surface area contributed by atoms with Crippen molar-refractivity contribution in [1.82, 2.24) is 14.9 Å². The van der Waals surface area contributed by atoms with Crippen molar-refractivity contribution in [1.29, 1.82) is 0 Å². The Balaban J connectivity index is 2.61. The summed E-state index contributed by atoms with van der Waals surface area (Å²) in [6.07, 6.45) is 3.41. The van der Waals surface area contributed by atoms with Gasteiger partial charge in [0.25, 0.3) is 0 Å². The van der Waals surface area contributed by atoms with Crippen LogP contribution in [0.4, 0.5) is 0 Å². The molecule has 1 rings (SSSR count). The molecule has 1 unspecified atom stereocenters. The second kappa shape index (κ2) is 6.90. The van der Waals surface area contributed by atoms with Crippen LogP contribution in [0.2, 0.25) is 0 Å². The van der Waals surface area contributed by atoms with Gasteiger partial charge in [0.15, 0.2) is 0 Å². The Labute approximate surface area is 106 Å². The molecular formula is C12H19N3O3. The standard InChI is InChI=1S/C12H19N3O3/c1-9(2)10(4-7-16)14-11(17)8-15-6-3-5-13-12(15)18/h3,5-6,9-10,16H,4,7-8H2,1-2H3,(H,14,17). The summed E-state index contributed by atoms with van der Waals surface area (Å²) >= 11 is 0. The number of amides is 1. The molecule has 0 aliphatic rings. The molecule has 0 fully saturated rings. The van der Waals surface area contributed by atoms with Crippen LogP contribution in [0, 0.1) is 5.92 Å². The fourth-order valence-electron chi connectivity index (χ4n) is 1.63. The summed E-state index contributed by atoms with van der Waals surface area (Å²) in [5, 5.41) is 11.7. The van der Waals surface area contributed by atoms with Crippen LogP contribution in [0.1, 0.15) is 20.3 Å². The van der Waals surface area contributed by atoms with E-state index in [-0.39, 0.29) is 31.0 Å². The highest BCUT2D eigenvalue weighted by Gasteiger charge is 2.15. The van der Waals surface area contributed by atoms with Crippen LogP contribution in [0.5, 0.6) is 0 Å². The first-order valence-corrected chi connectivity index (χ1v) is 5.96. The number of nitrogens with zero attached hydrogens (tertiary/aromatic N) is 2. The smallest absolute Gasteiger partial charge is 0.347 e. The monoisotopic (exact) mass is 253 g/mol. The zero-order chi connectivity index (χ0) is 13.5. The summed E-state index contributed by atoms with van der Waals surface area (Å²) < 4.78 is 1.24.